The lowest BCUT2D eigenvalue weighted by Gasteiger charge is -2.31. The van der Waals surface area contributed by atoms with Crippen LogP contribution in [0.4, 0.5) is 0 Å². The Hall–Kier alpha value is -0.650. The molecule has 0 aromatic carbocycles. The number of nitrogens with two attached hydrogens (primary N) is 1. The van der Waals surface area contributed by atoms with E-state index in [4.69, 9.17) is 10.5 Å². The van der Waals surface area contributed by atoms with Crippen molar-refractivity contribution >= 4 is 5.91 Å². The molecule has 0 aromatic rings. The molecule has 1 heterocycles. The number of nitrogens with zero attached hydrogens (tertiary/aromatic N) is 1. The van der Waals surface area contributed by atoms with E-state index in [9.17, 15) is 4.79 Å². The van der Waals surface area contributed by atoms with E-state index in [0.29, 0.717) is 12.6 Å². The maximum atomic E-state index is 10.9. The van der Waals surface area contributed by atoms with Crippen LogP contribution in [0.2, 0.25) is 0 Å². The highest BCUT2D eigenvalue weighted by Crippen LogP contribution is 2.04. The molecule has 1 aliphatic rings. The van der Waals surface area contributed by atoms with Gasteiger partial charge in [0.05, 0.1) is 19.3 Å². The van der Waals surface area contributed by atoms with Crippen molar-refractivity contribution in [2.75, 3.05) is 32.8 Å². The zero-order valence-corrected chi connectivity index (χ0v) is 9.53. The van der Waals surface area contributed by atoms with Crippen LogP contribution >= 0.6 is 0 Å². The summed E-state index contributed by atoms with van der Waals surface area (Å²) in [5, 5.41) is 3.26. The van der Waals surface area contributed by atoms with Gasteiger partial charge in [-0.05, 0) is 13.8 Å². The van der Waals surface area contributed by atoms with Crippen molar-refractivity contribution in [1.82, 2.24) is 10.2 Å². The topological polar surface area (TPSA) is 67.6 Å². The van der Waals surface area contributed by atoms with E-state index in [2.05, 4.69) is 19.2 Å². The molecule has 0 radical (unpaired) electrons. The number of carbonyl (C=O) groups is 1. The van der Waals surface area contributed by atoms with E-state index in [0.717, 1.165) is 26.2 Å². The molecular weight excluding hydrogens is 194 g/mol. The number of hydrogen-bond acceptors (Lipinski definition) is 4. The van der Waals surface area contributed by atoms with Gasteiger partial charge in [-0.2, -0.15) is 0 Å². The van der Waals surface area contributed by atoms with Gasteiger partial charge >= 0.3 is 0 Å². The summed E-state index contributed by atoms with van der Waals surface area (Å²) in [7, 11) is 0. The van der Waals surface area contributed by atoms with E-state index in [1.54, 1.807) is 0 Å². The summed E-state index contributed by atoms with van der Waals surface area (Å²) in [6, 6.07) is 0.308. The maximum Gasteiger partial charge on any atom is 0.231 e. The van der Waals surface area contributed by atoms with Crippen LogP contribution in [0.3, 0.4) is 0 Å². The Bertz CT molecular complexity index is 203. The summed E-state index contributed by atoms with van der Waals surface area (Å²) >= 11 is 0. The molecule has 5 nitrogen and oxygen atoms in total. The summed E-state index contributed by atoms with van der Waals surface area (Å²) in [5.41, 5.74) is 5.20. The number of hydrogen-bond donors (Lipinski definition) is 2. The van der Waals surface area contributed by atoms with Crippen LogP contribution in [0.5, 0.6) is 0 Å². The number of rotatable bonds is 5. The minimum Gasteiger partial charge on any atom is -0.374 e. The first-order valence-corrected chi connectivity index (χ1v) is 5.44. The average Bonchev–Trinajstić information content (AvgIpc) is 2.17. The lowest BCUT2D eigenvalue weighted by Crippen LogP contribution is -2.49. The van der Waals surface area contributed by atoms with Crippen molar-refractivity contribution in [3.8, 4) is 0 Å². The number of nitrogens with one attached hydrogen (secondary N) is 1. The van der Waals surface area contributed by atoms with Crippen molar-refractivity contribution in [1.29, 1.82) is 0 Å². The van der Waals surface area contributed by atoms with Crippen molar-refractivity contribution in [2.24, 2.45) is 5.73 Å². The fourth-order valence-electron chi connectivity index (χ4n) is 1.66. The van der Waals surface area contributed by atoms with Crippen LogP contribution in [-0.4, -0.2) is 55.7 Å². The first-order chi connectivity index (χ1) is 7.09. The molecule has 88 valence electrons. The summed E-state index contributed by atoms with van der Waals surface area (Å²) in [6.45, 7) is 7.67. The SMILES string of the molecule is CC(C)N(CC(N)=O)CC1CNCCO1. The van der Waals surface area contributed by atoms with Crippen LogP contribution < -0.4 is 11.1 Å². The van der Waals surface area contributed by atoms with Gasteiger partial charge in [-0.25, -0.2) is 0 Å². The Morgan fingerprint density at radius 1 is 1.67 bits per heavy atom. The van der Waals surface area contributed by atoms with Crippen molar-refractivity contribution in [2.45, 2.75) is 26.0 Å². The molecular formula is C10H21N3O2. The van der Waals surface area contributed by atoms with Gasteiger partial charge in [-0.15, -0.1) is 0 Å². The van der Waals surface area contributed by atoms with E-state index >= 15 is 0 Å². The number of carbonyl (C=O) groups excluding carboxylic acids is 1. The minimum atomic E-state index is -0.285. The third-order valence-electron chi connectivity index (χ3n) is 2.53. The molecule has 0 aliphatic carbocycles. The second-order valence-electron chi connectivity index (χ2n) is 4.19. The Morgan fingerprint density at radius 2 is 2.40 bits per heavy atom. The molecule has 1 atom stereocenters. The van der Waals surface area contributed by atoms with Gasteiger partial charge in [-0.3, -0.25) is 9.69 Å². The summed E-state index contributed by atoms with van der Waals surface area (Å²) in [6.07, 6.45) is 0.167. The van der Waals surface area contributed by atoms with Gasteiger partial charge in [0.15, 0.2) is 0 Å². The molecule has 1 saturated heterocycles. The second-order valence-corrected chi connectivity index (χ2v) is 4.19. The molecule has 1 rings (SSSR count). The zero-order valence-electron chi connectivity index (χ0n) is 9.53. The highest BCUT2D eigenvalue weighted by molar-refractivity contribution is 5.75. The zero-order chi connectivity index (χ0) is 11.3. The molecule has 1 unspecified atom stereocenters. The lowest BCUT2D eigenvalue weighted by molar-refractivity contribution is -0.120. The molecule has 5 heteroatoms. The largest absolute Gasteiger partial charge is 0.374 e. The molecule has 0 spiro atoms. The second kappa shape index (κ2) is 6.05. The predicted molar refractivity (Wildman–Crippen MR) is 58.5 cm³/mol. The Labute approximate surface area is 90.9 Å². The van der Waals surface area contributed by atoms with Crippen molar-refractivity contribution < 1.29 is 9.53 Å². The number of ether oxygens (including phenoxy) is 1. The van der Waals surface area contributed by atoms with E-state index in [-0.39, 0.29) is 12.0 Å². The fourth-order valence-corrected chi connectivity index (χ4v) is 1.66. The summed E-state index contributed by atoms with van der Waals surface area (Å²) in [4.78, 5) is 12.9. The molecule has 0 bridgehead atoms. The summed E-state index contributed by atoms with van der Waals surface area (Å²) < 4.78 is 5.58. The molecule has 1 aliphatic heterocycles. The van der Waals surface area contributed by atoms with Gasteiger partial charge in [0, 0.05) is 25.7 Å². The highest BCUT2D eigenvalue weighted by Gasteiger charge is 2.20. The van der Waals surface area contributed by atoms with Crippen LogP contribution in [0.25, 0.3) is 0 Å². The molecule has 1 amide bonds. The predicted octanol–water partition coefficient (Wildman–Crippen LogP) is -0.829. The normalized spacial score (nSPS) is 22.3. The maximum absolute atomic E-state index is 10.9. The van der Waals surface area contributed by atoms with Gasteiger partial charge in [0.25, 0.3) is 0 Å². The van der Waals surface area contributed by atoms with Crippen LogP contribution in [0.1, 0.15) is 13.8 Å². The first-order valence-electron chi connectivity index (χ1n) is 5.44. The summed E-state index contributed by atoms with van der Waals surface area (Å²) in [5.74, 6) is -0.285. The fraction of sp³-hybridized carbons (Fsp3) is 0.900. The van der Waals surface area contributed by atoms with E-state index < -0.39 is 0 Å². The number of primary amides is 1. The third kappa shape index (κ3) is 4.59. The van der Waals surface area contributed by atoms with Crippen molar-refractivity contribution in [3.63, 3.8) is 0 Å². The van der Waals surface area contributed by atoms with Crippen LogP contribution in [0.15, 0.2) is 0 Å². The van der Waals surface area contributed by atoms with Crippen LogP contribution in [-0.2, 0) is 9.53 Å². The quantitative estimate of drug-likeness (QED) is 0.628. The highest BCUT2D eigenvalue weighted by atomic mass is 16.5. The minimum absolute atomic E-state index is 0.167. The molecule has 1 fully saturated rings. The van der Waals surface area contributed by atoms with Gasteiger partial charge in [-0.1, -0.05) is 0 Å². The smallest absolute Gasteiger partial charge is 0.231 e. The lowest BCUT2D eigenvalue weighted by atomic mass is 10.2. The van der Waals surface area contributed by atoms with Gasteiger partial charge in [0.2, 0.25) is 5.91 Å². The Morgan fingerprint density at radius 3 is 2.87 bits per heavy atom. The van der Waals surface area contributed by atoms with Gasteiger partial charge < -0.3 is 15.8 Å². The Balaban J connectivity index is 2.38. The molecule has 0 aromatic heterocycles. The monoisotopic (exact) mass is 215 g/mol. The van der Waals surface area contributed by atoms with E-state index in [1.165, 1.54) is 0 Å². The third-order valence-corrected chi connectivity index (χ3v) is 2.53. The molecule has 15 heavy (non-hydrogen) atoms. The molecule has 0 saturated carbocycles. The standard InChI is InChI=1S/C10H21N3O2/c1-8(2)13(7-10(11)14)6-9-5-12-3-4-15-9/h8-9,12H,3-7H2,1-2H3,(H2,11,14). The number of amides is 1. The van der Waals surface area contributed by atoms with Gasteiger partial charge in [0.1, 0.15) is 0 Å². The molecule has 3 N–H and O–H groups in total. The Kier molecular flexibility index (Phi) is 5.01. The first kappa shape index (κ1) is 12.4. The average molecular weight is 215 g/mol. The van der Waals surface area contributed by atoms with Crippen LogP contribution in [0, 0.1) is 0 Å². The number of morpholine rings is 1. The van der Waals surface area contributed by atoms with Crippen molar-refractivity contribution in [3.05, 3.63) is 0 Å². The van der Waals surface area contributed by atoms with E-state index in [1.807, 2.05) is 4.90 Å².